The second-order valence-electron chi connectivity index (χ2n) is 1.78. The molecule has 0 radical (unpaired) electrons. The summed E-state index contributed by atoms with van der Waals surface area (Å²) in [7, 11) is 0. The molecule has 0 saturated heterocycles. The Balaban J connectivity index is 3.46. The Kier molecular flexibility index (Phi) is 3.05. The lowest BCUT2D eigenvalue weighted by atomic mass is 10.3. The van der Waals surface area contributed by atoms with Crippen molar-refractivity contribution in [1.29, 1.82) is 0 Å². The molecule has 5 heteroatoms. The van der Waals surface area contributed by atoms with Crippen LogP contribution in [0.1, 0.15) is 0 Å². The second-order valence-corrected chi connectivity index (χ2v) is 4.22. The molecular formula is C6HBr3F2. The monoisotopic (exact) mass is 348 g/mol. The highest BCUT2D eigenvalue weighted by molar-refractivity contribution is 9.14. The van der Waals surface area contributed by atoms with Crippen molar-refractivity contribution in [2.24, 2.45) is 0 Å². The summed E-state index contributed by atoms with van der Waals surface area (Å²) in [5.41, 5.74) is 0. The quantitative estimate of drug-likeness (QED) is 0.484. The zero-order chi connectivity index (χ0) is 8.59. The van der Waals surface area contributed by atoms with Gasteiger partial charge in [-0.2, -0.15) is 0 Å². The Hall–Kier alpha value is 0.520. The molecule has 1 rings (SSSR count). The van der Waals surface area contributed by atoms with Gasteiger partial charge in [0.2, 0.25) is 0 Å². The molecule has 0 spiro atoms. The molecule has 0 saturated carbocycles. The van der Waals surface area contributed by atoms with E-state index in [1.807, 2.05) is 0 Å². The normalized spacial score (nSPS) is 10.3. The van der Waals surface area contributed by atoms with Gasteiger partial charge >= 0.3 is 0 Å². The molecule has 0 aliphatic rings. The van der Waals surface area contributed by atoms with E-state index in [0.29, 0.717) is 8.95 Å². The van der Waals surface area contributed by atoms with Crippen LogP contribution in [0.25, 0.3) is 0 Å². The van der Waals surface area contributed by atoms with Crippen LogP contribution in [0.15, 0.2) is 19.5 Å². The molecule has 0 heterocycles. The molecule has 1 aromatic rings. The standard InChI is InChI=1S/C6HBr3F2/c7-2-1-3(10)6(11)5(9)4(2)8/h1H. The third-order valence-electron chi connectivity index (χ3n) is 1.06. The fourth-order valence-electron chi connectivity index (χ4n) is 0.544. The molecule has 0 nitrogen and oxygen atoms in total. The largest absolute Gasteiger partial charge is 0.204 e. The zero-order valence-electron chi connectivity index (χ0n) is 4.97. The minimum Gasteiger partial charge on any atom is -0.204 e. The topological polar surface area (TPSA) is 0 Å². The van der Waals surface area contributed by atoms with Crippen molar-refractivity contribution in [2.45, 2.75) is 0 Å². The van der Waals surface area contributed by atoms with Crippen LogP contribution in [0.5, 0.6) is 0 Å². The molecule has 0 aliphatic heterocycles. The van der Waals surface area contributed by atoms with Crippen molar-refractivity contribution < 1.29 is 8.78 Å². The molecular weight excluding hydrogens is 350 g/mol. The Morgan fingerprint density at radius 1 is 1.00 bits per heavy atom. The van der Waals surface area contributed by atoms with Crippen LogP contribution in [-0.2, 0) is 0 Å². The highest BCUT2D eigenvalue weighted by Crippen LogP contribution is 2.34. The first-order valence-corrected chi connectivity index (χ1v) is 4.90. The minimum absolute atomic E-state index is 0.0874. The van der Waals surface area contributed by atoms with Crippen molar-refractivity contribution in [3.05, 3.63) is 31.1 Å². The van der Waals surface area contributed by atoms with Crippen LogP contribution in [0.2, 0.25) is 0 Å². The van der Waals surface area contributed by atoms with Gasteiger partial charge in [0.05, 0.1) is 4.47 Å². The van der Waals surface area contributed by atoms with Crippen LogP contribution in [0.4, 0.5) is 8.78 Å². The van der Waals surface area contributed by atoms with Crippen LogP contribution in [0, 0.1) is 11.6 Å². The van der Waals surface area contributed by atoms with Gasteiger partial charge in [-0.3, -0.25) is 0 Å². The SMILES string of the molecule is Fc1cc(Br)c(Br)c(Br)c1F. The van der Waals surface area contributed by atoms with E-state index in [-0.39, 0.29) is 4.47 Å². The molecule has 0 fully saturated rings. The number of hydrogen-bond acceptors (Lipinski definition) is 0. The van der Waals surface area contributed by atoms with Gasteiger partial charge in [0.25, 0.3) is 0 Å². The van der Waals surface area contributed by atoms with Gasteiger partial charge in [0, 0.05) is 8.95 Å². The first-order chi connectivity index (χ1) is 5.04. The lowest BCUT2D eigenvalue weighted by Crippen LogP contribution is -1.87. The van der Waals surface area contributed by atoms with Crippen molar-refractivity contribution in [3.63, 3.8) is 0 Å². The molecule has 0 atom stereocenters. The minimum atomic E-state index is -0.889. The van der Waals surface area contributed by atoms with E-state index in [0.717, 1.165) is 6.07 Å². The first kappa shape index (κ1) is 9.61. The maximum absolute atomic E-state index is 12.7. The number of halogens is 5. The number of benzene rings is 1. The fraction of sp³-hybridized carbons (Fsp3) is 0. The van der Waals surface area contributed by atoms with E-state index in [1.54, 1.807) is 0 Å². The Morgan fingerprint density at radius 2 is 1.55 bits per heavy atom. The van der Waals surface area contributed by atoms with Gasteiger partial charge in [-0.15, -0.1) is 0 Å². The van der Waals surface area contributed by atoms with Crippen molar-refractivity contribution in [3.8, 4) is 0 Å². The second kappa shape index (κ2) is 3.49. The number of rotatable bonds is 0. The van der Waals surface area contributed by atoms with E-state index in [4.69, 9.17) is 0 Å². The summed E-state index contributed by atoms with van der Waals surface area (Å²) >= 11 is 9.00. The first-order valence-electron chi connectivity index (χ1n) is 2.52. The highest BCUT2D eigenvalue weighted by Gasteiger charge is 2.12. The van der Waals surface area contributed by atoms with Crippen molar-refractivity contribution >= 4 is 47.8 Å². The molecule has 11 heavy (non-hydrogen) atoms. The van der Waals surface area contributed by atoms with E-state index < -0.39 is 11.6 Å². The Bertz CT molecular complexity index is 272. The molecule has 0 N–H and O–H groups in total. The van der Waals surface area contributed by atoms with Gasteiger partial charge < -0.3 is 0 Å². The van der Waals surface area contributed by atoms with Gasteiger partial charge in [0.1, 0.15) is 0 Å². The van der Waals surface area contributed by atoms with Gasteiger partial charge in [-0.05, 0) is 53.9 Å². The molecule has 0 unspecified atom stereocenters. The molecule has 60 valence electrons. The average molecular weight is 351 g/mol. The fourth-order valence-corrected chi connectivity index (χ4v) is 1.90. The molecule has 1 aromatic carbocycles. The van der Waals surface area contributed by atoms with Crippen molar-refractivity contribution in [2.75, 3.05) is 0 Å². The summed E-state index contributed by atoms with van der Waals surface area (Å²) < 4.78 is 26.3. The molecule has 0 aromatic heterocycles. The maximum atomic E-state index is 12.7. The van der Waals surface area contributed by atoms with E-state index in [9.17, 15) is 8.78 Å². The summed E-state index contributed by atoms with van der Waals surface area (Å²) in [5, 5.41) is 0. The zero-order valence-corrected chi connectivity index (χ0v) is 9.73. The maximum Gasteiger partial charge on any atom is 0.174 e. The van der Waals surface area contributed by atoms with Crippen LogP contribution in [-0.4, -0.2) is 0 Å². The smallest absolute Gasteiger partial charge is 0.174 e. The molecule has 0 aliphatic carbocycles. The summed E-state index contributed by atoms with van der Waals surface area (Å²) in [5.74, 6) is -1.77. The van der Waals surface area contributed by atoms with E-state index >= 15 is 0 Å². The van der Waals surface area contributed by atoms with E-state index in [1.165, 1.54) is 0 Å². The summed E-state index contributed by atoms with van der Waals surface area (Å²) in [6, 6.07) is 1.06. The predicted octanol–water partition coefficient (Wildman–Crippen LogP) is 4.25. The van der Waals surface area contributed by atoms with Crippen LogP contribution < -0.4 is 0 Å². The van der Waals surface area contributed by atoms with Gasteiger partial charge in [-0.1, -0.05) is 0 Å². The van der Waals surface area contributed by atoms with E-state index in [2.05, 4.69) is 47.8 Å². The third kappa shape index (κ3) is 1.81. The third-order valence-corrected chi connectivity index (χ3v) is 4.32. The summed E-state index contributed by atoms with van der Waals surface area (Å²) in [6.07, 6.45) is 0. The van der Waals surface area contributed by atoms with Crippen LogP contribution in [0.3, 0.4) is 0 Å². The lowest BCUT2D eigenvalue weighted by Gasteiger charge is -2.01. The average Bonchev–Trinajstić information content (AvgIpc) is 1.97. The molecule has 0 bridgehead atoms. The Morgan fingerprint density at radius 3 is 2.09 bits per heavy atom. The summed E-state index contributed by atoms with van der Waals surface area (Å²) in [6.45, 7) is 0. The predicted molar refractivity (Wildman–Crippen MR) is 49.5 cm³/mol. The van der Waals surface area contributed by atoms with Gasteiger partial charge in [0.15, 0.2) is 11.6 Å². The van der Waals surface area contributed by atoms with Crippen molar-refractivity contribution in [1.82, 2.24) is 0 Å². The Labute approximate surface area is 87.4 Å². The summed E-state index contributed by atoms with van der Waals surface area (Å²) in [4.78, 5) is 0. The molecule has 0 amide bonds. The number of hydrogen-bond donors (Lipinski definition) is 0. The highest BCUT2D eigenvalue weighted by atomic mass is 79.9. The van der Waals surface area contributed by atoms with Crippen LogP contribution >= 0.6 is 47.8 Å². The van der Waals surface area contributed by atoms with Gasteiger partial charge in [-0.25, -0.2) is 8.78 Å². The lowest BCUT2D eigenvalue weighted by molar-refractivity contribution is 0.502.